The maximum absolute atomic E-state index is 12.0. The van der Waals surface area contributed by atoms with E-state index in [0.29, 0.717) is 11.8 Å². The molecular formula is C20H27NO3. The minimum Gasteiger partial charge on any atom is -0.452 e. The lowest BCUT2D eigenvalue weighted by molar-refractivity contribution is -0.144. The molecule has 1 saturated carbocycles. The molecule has 4 heteroatoms. The Labute approximate surface area is 144 Å². The van der Waals surface area contributed by atoms with Crippen molar-refractivity contribution in [2.75, 3.05) is 6.61 Å². The Morgan fingerprint density at radius 2 is 2.08 bits per heavy atom. The zero-order chi connectivity index (χ0) is 17.5. The zero-order valence-electron chi connectivity index (χ0n) is 14.7. The number of esters is 1. The molecule has 4 nitrogen and oxygen atoms in total. The smallest absolute Gasteiger partial charge is 0.331 e. The highest BCUT2D eigenvalue weighted by Crippen LogP contribution is 2.29. The summed E-state index contributed by atoms with van der Waals surface area (Å²) >= 11 is 0. The summed E-state index contributed by atoms with van der Waals surface area (Å²) < 4.78 is 5.02. The molecular weight excluding hydrogens is 302 g/mol. The molecule has 0 aliphatic heterocycles. The molecule has 1 aromatic carbocycles. The van der Waals surface area contributed by atoms with Gasteiger partial charge in [-0.2, -0.15) is 0 Å². The quantitative estimate of drug-likeness (QED) is 0.664. The third-order valence-electron chi connectivity index (χ3n) is 4.85. The van der Waals surface area contributed by atoms with Gasteiger partial charge in [-0.25, -0.2) is 4.79 Å². The second-order valence-electron chi connectivity index (χ2n) is 6.80. The molecule has 0 unspecified atom stereocenters. The number of amides is 1. The van der Waals surface area contributed by atoms with Crippen molar-refractivity contribution in [1.29, 1.82) is 0 Å². The summed E-state index contributed by atoms with van der Waals surface area (Å²) in [6.45, 7) is 6.16. The van der Waals surface area contributed by atoms with E-state index in [0.717, 1.165) is 24.0 Å². The van der Waals surface area contributed by atoms with Crippen LogP contribution in [0, 0.1) is 18.8 Å². The predicted molar refractivity (Wildman–Crippen MR) is 95.3 cm³/mol. The van der Waals surface area contributed by atoms with Crippen molar-refractivity contribution in [3.8, 4) is 0 Å². The van der Waals surface area contributed by atoms with Gasteiger partial charge >= 0.3 is 5.97 Å². The van der Waals surface area contributed by atoms with Crippen LogP contribution in [0.2, 0.25) is 0 Å². The Morgan fingerprint density at radius 1 is 1.29 bits per heavy atom. The summed E-state index contributed by atoms with van der Waals surface area (Å²) in [4.78, 5) is 23.7. The first-order valence-corrected chi connectivity index (χ1v) is 8.66. The second-order valence-corrected chi connectivity index (χ2v) is 6.80. The first-order chi connectivity index (χ1) is 11.5. The van der Waals surface area contributed by atoms with Crippen LogP contribution in [0.4, 0.5) is 0 Å². The monoisotopic (exact) mass is 329 g/mol. The Bertz CT molecular complexity index is 609. The molecule has 1 N–H and O–H groups in total. The minimum absolute atomic E-state index is 0.183. The fourth-order valence-corrected chi connectivity index (χ4v) is 3.16. The molecule has 130 valence electrons. The van der Waals surface area contributed by atoms with Crippen molar-refractivity contribution in [2.24, 2.45) is 11.8 Å². The van der Waals surface area contributed by atoms with Crippen molar-refractivity contribution < 1.29 is 14.3 Å². The molecule has 1 amide bonds. The summed E-state index contributed by atoms with van der Waals surface area (Å²) in [5.74, 6) is 0.346. The average Bonchev–Trinajstić information content (AvgIpc) is 2.55. The van der Waals surface area contributed by atoms with E-state index >= 15 is 0 Å². The van der Waals surface area contributed by atoms with Crippen molar-refractivity contribution >= 4 is 18.0 Å². The molecule has 1 fully saturated rings. The topological polar surface area (TPSA) is 55.4 Å². The van der Waals surface area contributed by atoms with E-state index in [1.54, 1.807) is 6.08 Å². The zero-order valence-corrected chi connectivity index (χ0v) is 14.7. The lowest BCUT2D eigenvalue weighted by Crippen LogP contribution is -2.45. The SMILES string of the molecule is Cc1cccc(/C=C/C(=O)OCC(=O)N[C@H]2CCC[C@@H](C)[C@@H]2C)c1. The summed E-state index contributed by atoms with van der Waals surface area (Å²) in [5, 5.41) is 3.00. The molecule has 0 radical (unpaired) electrons. The molecule has 0 bridgehead atoms. The molecule has 3 atom stereocenters. The van der Waals surface area contributed by atoms with Crippen LogP contribution in [0.5, 0.6) is 0 Å². The minimum atomic E-state index is -0.503. The van der Waals surface area contributed by atoms with E-state index in [1.165, 1.54) is 12.5 Å². The largest absolute Gasteiger partial charge is 0.452 e. The Kier molecular flexibility index (Phi) is 6.59. The van der Waals surface area contributed by atoms with Crippen molar-refractivity contribution in [3.63, 3.8) is 0 Å². The standard InChI is InChI=1S/C20H27NO3/c1-14-6-4-8-17(12-14)10-11-20(23)24-13-19(22)21-18-9-5-7-15(2)16(18)3/h4,6,8,10-12,15-16,18H,5,7,9,13H2,1-3H3,(H,21,22)/b11-10+/t15-,16+,18+/m1/s1. The summed E-state index contributed by atoms with van der Waals surface area (Å²) in [6, 6.07) is 7.99. The van der Waals surface area contributed by atoms with Crippen LogP contribution in [0.15, 0.2) is 30.3 Å². The van der Waals surface area contributed by atoms with Crippen molar-refractivity contribution in [2.45, 2.75) is 46.1 Å². The van der Waals surface area contributed by atoms with Gasteiger partial charge in [-0.15, -0.1) is 0 Å². The normalized spacial score (nSPS) is 23.9. The molecule has 2 rings (SSSR count). The van der Waals surface area contributed by atoms with Crippen LogP contribution < -0.4 is 5.32 Å². The average molecular weight is 329 g/mol. The summed E-state index contributed by atoms with van der Waals surface area (Å²) in [7, 11) is 0. The fourth-order valence-electron chi connectivity index (χ4n) is 3.16. The van der Waals surface area contributed by atoms with Crippen LogP contribution >= 0.6 is 0 Å². The number of hydrogen-bond acceptors (Lipinski definition) is 3. The van der Waals surface area contributed by atoms with E-state index in [9.17, 15) is 9.59 Å². The molecule has 1 aliphatic rings. The highest BCUT2D eigenvalue weighted by molar-refractivity contribution is 5.89. The van der Waals surface area contributed by atoms with Gasteiger partial charge in [0.15, 0.2) is 6.61 Å². The van der Waals surface area contributed by atoms with Gasteiger partial charge < -0.3 is 10.1 Å². The van der Waals surface area contributed by atoms with Gasteiger partial charge in [0, 0.05) is 12.1 Å². The number of carbonyl (C=O) groups excluding carboxylic acids is 2. The Hall–Kier alpha value is -2.10. The van der Waals surface area contributed by atoms with Crippen molar-refractivity contribution in [1.82, 2.24) is 5.32 Å². The lowest BCUT2D eigenvalue weighted by atomic mass is 9.78. The predicted octanol–water partition coefficient (Wildman–Crippen LogP) is 3.49. The van der Waals surface area contributed by atoms with E-state index in [4.69, 9.17) is 4.74 Å². The third-order valence-corrected chi connectivity index (χ3v) is 4.85. The summed E-state index contributed by atoms with van der Waals surface area (Å²) in [5.41, 5.74) is 2.06. The van der Waals surface area contributed by atoms with E-state index in [-0.39, 0.29) is 18.6 Å². The van der Waals surface area contributed by atoms with Crippen LogP contribution in [0.25, 0.3) is 6.08 Å². The molecule has 0 saturated heterocycles. The first-order valence-electron chi connectivity index (χ1n) is 8.66. The summed E-state index contributed by atoms with van der Waals surface area (Å²) in [6.07, 6.45) is 6.39. The van der Waals surface area contributed by atoms with Crippen LogP contribution in [-0.4, -0.2) is 24.5 Å². The van der Waals surface area contributed by atoms with Gasteiger partial charge in [-0.3, -0.25) is 4.79 Å². The number of hydrogen-bond donors (Lipinski definition) is 1. The molecule has 0 spiro atoms. The number of benzene rings is 1. The van der Waals surface area contributed by atoms with E-state index in [2.05, 4.69) is 19.2 Å². The van der Waals surface area contributed by atoms with Gasteiger partial charge in [-0.05, 0) is 36.8 Å². The molecule has 0 aromatic heterocycles. The fraction of sp³-hybridized carbons (Fsp3) is 0.500. The van der Waals surface area contributed by atoms with Gasteiger partial charge in [0.2, 0.25) is 0 Å². The highest BCUT2D eigenvalue weighted by atomic mass is 16.5. The van der Waals surface area contributed by atoms with Crippen LogP contribution in [0.1, 0.15) is 44.2 Å². The third kappa shape index (κ3) is 5.52. The van der Waals surface area contributed by atoms with Gasteiger partial charge in [0.1, 0.15) is 0 Å². The lowest BCUT2D eigenvalue weighted by Gasteiger charge is -2.34. The van der Waals surface area contributed by atoms with Crippen molar-refractivity contribution in [3.05, 3.63) is 41.5 Å². The van der Waals surface area contributed by atoms with Gasteiger partial charge in [0.05, 0.1) is 0 Å². The molecule has 24 heavy (non-hydrogen) atoms. The van der Waals surface area contributed by atoms with Crippen LogP contribution in [0.3, 0.4) is 0 Å². The first kappa shape index (κ1) is 18.2. The number of nitrogens with one attached hydrogen (secondary N) is 1. The van der Waals surface area contributed by atoms with E-state index in [1.807, 2.05) is 31.2 Å². The number of aryl methyl sites for hydroxylation is 1. The van der Waals surface area contributed by atoms with Crippen LogP contribution in [-0.2, 0) is 14.3 Å². The number of rotatable bonds is 5. The number of ether oxygens (including phenoxy) is 1. The van der Waals surface area contributed by atoms with Gasteiger partial charge in [0.25, 0.3) is 5.91 Å². The number of carbonyl (C=O) groups is 2. The molecule has 1 aliphatic carbocycles. The Balaban J connectivity index is 1.76. The molecule has 0 heterocycles. The maximum Gasteiger partial charge on any atom is 0.331 e. The maximum atomic E-state index is 12.0. The second kappa shape index (κ2) is 8.67. The highest BCUT2D eigenvalue weighted by Gasteiger charge is 2.28. The van der Waals surface area contributed by atoms with E-state index < -0.39 is 5.97 Å². The Morgan fingerprint density at radius 3 is 2.83 bits per heavy atom. The molecule has 1 aromatic rings. The van der Waals surface area contributed by atoms with Gasteiger partial charge in [-0.1, -0.05) is 56.5 Å².